The number of rotatable bonds is 4. The molecule has 4 heterocycles. The Morgan fingerprint density at radius 3 is 3.00 bits per heavy atom. The Morgan fingerprint density at radius 2 is 2.19 bits per heavy atom. The number of carbonyl (C=O) groups excluding carboxylic acids is 1. The summed E-state index contributed by atoms with van der Waals surface area (Å²) in [6, 6.07) is 1.84. The first-order valence-electron chi connectivity index (χ1n) is 9.21. The molecule has 1 spiro atoms. The van der Waals surface area contributed by atoms with Crippen LogP contribution in [0, 0.1) is 5.41 Å². The lowest BCUT2D eigenvalue weighted by Crippen LogP contribution is -2.54. The summed E-state index contributed by atoms with van der Waals surface area (Å²) in [4.78, 5) is 32.3. The van der Waals surface area contributed by atoms with Gasteiger partial charge in [0.2, 0.25) is 5.91 Å². The molecule has 8 heteroatoms. The Kier molecular flexibility index (Phi) is 4.48. The quantitative estimate of drug-likeness (QED) is 0.855. The maximum atomic E-state index is 12.4. The van der Waals surface area contributed by atoms with Gasteiger partial charge < -0.3 is 20.5 Å². The van der Waals surface area contributed by atoms with E-state index in [0.717, 1.165) is 63.4 Å². The van der Waals surface area contributed by atoms with Crippen molar-refractivity contribution in [2.45, 2.75) is 32.1 Å². The topological polar surface area (TPSA) is 104 Å². The average Bonchev–Trinajstić information content (AvgIpc) is 3.17. The summed E-state index contributed by atoms with van der Waals surface area (Å²) < 4.78 is 0. The molecule has 2 aromatic rings. The number of amides is 1. The van der Waals surface area contributed by atoms with Crippen LogP contribution in [0.15, 0.2) is 24.9 Å². The van der Waals surface area contributed by atoms with E-state index in [-0.39, 0.29) is 11.3 Å². The van der Waals surface area contributed by atoms with E-state index in [0.29, 0.717) is 12.2 Å². The van der Waals surface area contributed by atoms with Gasteiger partial charge in [-0.2, -0.15) is 0 Å². The van der Waals surface area contributed by atoms with Gasteiger partial charge in [-0.1, -0.05) is 0 Å². The third-order valence-electron chi connectivity index (χ3n) is 5.61. The van der Waals surface area contributed by atoms with Gasteiger partial charge in [-0.05, 0) is 19.3 Å². The van der Waals surface area contributed by atoms with Crippen molar-refractivity contribution in [3.05, 3.63) is 30.6 Å². The molecule has 2 aromatic heterocycles. The Labute approximate surface area is 152 Å². The molecule has 3 N–H and O–H groups in total. The highest BCUT2D eigenvalue weighted by Crippen LogP contribution is 2.40. The van der Waals surface area contributed by atoms with Gasteiger partial charge in [0.1, 0.15) is 18.0 Å². The summed E-state index contributed by atoms with van der Waals surface area (Å²) in [6.07, 6.45) is 9.67. The molecule has 2 aliphatic rings. The lowest BCUT2D eigenvalue weighted by Gasteiger charge is -2.48. The predicted octanol–water partition coefficient (Wildman–Crippen LogP) is 1.23. The molecule has 138 valence electrons. The van der Waals surface area contributed by atoms with Gasteiger partial charge in [-0.25, -0.2) is 15.0 Å². The summed E-state index contributed by atoms with van der Waals surface area (Å²) in [5.74, 6) is 1.64. The van der Waals surface area contributed by atoms with Crippen LogP contribution in [0.3, 0.4) is 0 Å². The Morgan fingerprint density at radius 1 is 1.27 bits per heavy atom. The number of likely N-dealkylation sites (tertiary alicyclic amines) is 1. The number of carbonyl (C=O) groups is 1. The van der Waals surface area contributed by atoms with E-state index in [9.17, 15) is 4.79 Å². The molecule has 0 radical (unpaired) electrons. The van der Waals surface area contributed by atoms with Crippen LogP contribution in [0.25, 0.3) is 0 Å². The number of imidazole rings is 1. The second kappa shape index (κ2) is 6.93. The fourth-order valence-electron chi connectivity index (χ4n) is 4.25. The molecule has 4 rings (SSSR count). The Bertz CT molecular complexity index is 763. The minimum Gasteiger partial charge on any atom is -0.384 e. The van der Waals surface area contributed by atoms with Crippen molar-refractivity contribution in [2.24, 2.45) is 5.41 Å². The van der Waals surface area contributed by atoms with E-state index in [1.165, 1.54) is 6.33 Å². The normalized spacial score (nSPS) is 23.6. The zero-order valence-electron chi connectivity index (χ0n) is 14.9. The van der Waals surface area contributed by atoms with Gasteiger partial charge in [-0.15, -0.1) is 0 Å². The number of nitrogens with one attached hydrogen (secondary N) is 1. The fraction of sp³-hybridized carbons (Fsp3) is 0.556. The van der Waals surface area contributed by atoms with Crippen LogP contribution in [-0.4, -0.2) is 56.9 Å². The standard InChI is InChI=1S/C18H25N7O/c19-15-8-16(23-13-22-15)24-6-1-4-18(10-24)5-2-17(26)25(11-18)7-3-14-9-20-12-21-14/h8-9,12-13H,1-7,10-11H2,(H,20,21)(H2,19,22,23). The first kappa shape index (κ1) is 16.8. The largest absolute Gasteiger partial charge is 0.384 e. The first-order chi connectivity index (χ1) is 12.6. The first-order valence-corrected chi connectivity index (χ1v) is 9.21. The molecular weight excluding hydrogens is 330 g/mol. The number of aromatic nitrogens is 4. The second-order valence-electron chi connectivity index (χ2n) is 7.47. The van der Waals surface area contributed by atoms with Crippen molar-refractivity contribution < 1.29 is 4.79 Å². The highest BCUT2D eigenvalue weighted by molar-refractivity contribution is 5.77. The van der Waals surface area contributed by atoms with Crippen LogP contribution < -0.4 is 10.6 Å². The summed E-state index contributed by atoms with van der Waals surface area (Å²) in [5.41, 5.74) is 7.03. The molecule has 26 heavy (non-hydrogen) atoms. The Hall–Kier alpha value is -2.64. The number of nitrogens with zero attached hydrogens (tertiary/aromatic N) is 5. The zero-order chi connectivity index (χ0) is 18.0. The van der Waals surface area contributed by atoms with Gasteiger partial charge in [0.05, 0.1) is 6.33 Å². The highest BCUT2D eigenvalue weighted by Gasteiger charge is 2.41. The van der Waals surface area contributed by atoms with E-state index >= 15 is 0 Å². The van der Waals surface area contributed by atoms with Gasteiger partial charge in [0, 0.05) is 62.4 Å². The van der Waals surface area contributed by atoms with Crippen LogP contribution in [0.5, 0.6) is 0 Å². The van der Waals surface area contributed by atoms with E-state index < -0.39 is 0 Å². The number of anilines is 2. The molecule has 8 nitrogen and oxygen atoms in total. The van der Waals surface area contributed by atoms with Gasteiger partial charge in [-0.3, -0.25) is 4.79 Å². The van der Waals surface area contributed by atoms with E-state index in [2.05, 4.69) is 24.8 Å². The van der Waals surface area contributed by atoms with E-state index in [4.69, 9.17) is 5.73 Å². The fourth-order valence-corrected chi connectivity index (χ4v) is 4.25. The summed E-state index contributed by atoms with van der Waals surface area (Å²) in [5, 5.41) is 0. The lowest BCUT2D eigenvalue weighted by molar-refractivity contribution is -0.137. The number of H-pyrrole nitrogens is 1. The van der Waals surface area contributed by atoms with Crippen LogP contribution in [0.4, 0.5) is 11.6 Å². The third kappa shape index (κ3) is 3.49. The molecule has 0 aromatic carbocycles. The molecule has 1 atom stereocenters. The number of piperidine rings is 2. The Balaban J connectivity index is 1.45. The molecule has 0 bridgehead atoms. The number of hydrogen-bond donors (Lipinski definition) is 2. The molecule has 2 aliphatic heterocycles. The van der Waals surface area contributed by atoms with Crippen LogP contribution in [0.2, 0.25) is 0 Å². The van der Waals surface area contributed by atoms with Crippen LogP contribution in [-0.2, 0) is 11.2 Å². The van der Waals surface area contributed by atoms with Crippen molar-refractivity contribution in [3.63, 3.8) is 0 Å². The van der Waals surface area contributed by atoms with Crippen molar-refractivity contribution in [2.75, 3.05) is 36.8 Å². The molecule has 0 aliphatic carbocycles. The highest BCUT2D eigenvalue weighted by atomic mass is 16.2. The van der Waals surface area contributed by atoms with Gasteiger partial charge >= 0.3 is 0 Å². The summed E-state index contributed by atoms with van der Waals surface area (Å²) in [7, 11) is 0. The second-order valence-corrected chi connectivity index (χ2v) is 7.47. The summed E-state index contributed by atoms with van der Waals surface area (Å²) in [6.45, 7) is 3.44. The molecule has 2 fully saturated rings. The van der Waals surface area contributed by atoms with Crippen molar-refractivity contribution in [3.8, 4) is 0 Å². The van der Waals surface area contributed by atoms with Gasteiger partial charge in [0.25, 0.3) is 0 Å². The number of aromatic amines is 1. The predicted molar refractivity (Wildman–Crippen MR) is 98.4 cm³/mol. The van der Waals surface area contributed by atoms with E-state index in [1.807, 2.05) is 17.2 Å². The smallest absolute Gasteiger partial charge is 0.222 e. The number of hydrogen-bond acceptors (Lipinski definition) is 6. The van der Waals surface area contributed by atoms with Gasteiger partial charge in [0.15, 0.2) is 0 Å². The lowest BCUT2D eigenvalue weighted by atomic mass is 9.73. The van der Waals surface area contributed by atoms with Crippen molar-refractivity contribution in [1.29, 1.82) is 0 Å². The number of nitrogens with two attached hydrogens (primary N) is 1. The zero-order valence-corrected chi connectivity index (χ0v) is 14.9. The molecular formula is C18H25N7O. The number of nitrogen functional groups attached to an aromatic ring is 1. The minimum absolute atomic E-state index is 0.139. The van der Waals surface area contributed by atoms with E-state index in [1.54, 1.807) is 6.33 Å². The molecule has 1 unspecified atom stereocenters. The molecule has 1 amide bonds. The third-order valence-corrected chi connectivity index (χ3v) is 5.61. The van der Waals surface area contributed by atoms with Crippen molar-refractivity contribution in [1.82, 2.24) is 24.8 Å². The molecule has 0 saturated carbocycles. The summed E-state index contributed by atoms with van der Waals surface area (Å²) >= 11 is 0. The minimum atomic E-state index is 0.139. The maximum Gasteiger partial charge on any atom is 0.222 e. The van der Waals surface area contributed by atoms with Crippen molar-refractivity contribution >= 4 is 17.5 Å². The average molecular weight is 355 g/mol. The maximum absolute atomic E-state index is 12.4. The monoisotopic (exact) mass is 355 g/mol. The SMILES string of the molecule is Nc1cc(N2CCCC3(CCC(=O)N(CCc4cnc[nH]4)C3)C2)ncn1. The molecule has 2 saturated heterocycles. The van der Waals surface area contributed by atoms with Crippen LogP contribution >= 0.6 is 0 Å². The van der Waals surface area contributed by atoms with Crippen LogP contribution in [0.1, 0.15) is 31.4 Å².